The van der Waals surface area contributed by atoms with Gasteiger partial charge in [-0.1, -0.05) is 12.8 Å². The van der Waals surface area contributed by atoms with Crippen molar-refractivity contribution in [1.29, 1.82) is 0 Å². The minimum absolute atomic E-state index is 0.182. The summed E-state index contributed by atoms with van der Waals surface area (Å²) in [5, 5.41) is 0. The van der Waals surface area contributed by atoms with E-state index in [9.17, 15) is 0 Å². The molecule has 0 spiro atoms. The van der Waals surface area contributed by atoms with Crippen molar-refractivity contribution in [2.24, 2.45) is 5.73 Å². The molecule has 17 heavy (non-hydrogen) atoms. The van der Waals surface area contributed by atoms with Crippen LogP contribution in [0, 0.1) is 0 Å². The summed E-state index contributed by atoms with van der Waals surface area (Å²) < 4.78 is 5.95. The number of rotatable bonds is 4. The lowest BCUT2D eigenvalue weighted by molar-refractivity contribution is -0.0535. The molecule has 0 saturated heterocycles. The average Bonchev–Trinajstić information content (AvgIpc) is 2.79. The zero-order chi connectivity index (χ0) is 12.3. The molecule has 0 aliphatic heterocycles. The second-order valence-corrected chi connectivity index (χ2v) is 4.69. The lowest BCUT2D eigenvalue weighted by Gasteiger charge is -2.35. The van der Waals surface area contributed by atoms with E-state index in [-0.39, 0.29) is 11.6 Å². The predicted molar refractivity (Wildman–Crippen MR) is 68.4 cm³/mol. The van der Waals surface area contributed by atoms with E-state index < -0.39 is 0 Å². The molecule has 0 aromatic carbocycles. The topological polar surface area (TPSA) is 74.2 Å². The fourth-order valence-electron chi connectivity index (χ4n) is 2.77. The highest BCUT2D eigenvalue weighted by molar-refractivity contribution is 5.47. The number of ether oxygens (including phenoxy) is 1. The molecule has 1 aliphatic rings. The van der Waals surface area contributed by atoms with E-state index in [2.05, 4.69) is 4.98 Å². The Bertz CT molecular complexity index is 375. The van der Waals surface area contributed by atoms with Gasteiger partial charge in [-0.15, -0.1) is 0 Å². The Balaban J connectivity index is 2.28. The number of hydrogen-bond acceptors (Lipinski definition) is 4. The second kappa shape index (κ2) is 5.02. The third-order valence-corrected chi connectivity index (χ3v) is 3.67. The minimum atomic E-state index is -0.244. The van der Waals surface area contributed by atoms with Gasteiger partial charge in [-0.25, -0.2) is 0 Å². The maximum absolute atomic E-state index is 6.38. The van der Waals surface area contributed by atoms with Gasteiger partial charge in [0.15, 0.2) is 0 Å². The van der Waals surface area contributed by atoms with Crippen molar-refractivity contribution < 1.29 is 4.74 Å². The van der Waals surface area contributed by atoms with Crippen LogP contribution < -0.4 is 11.5 Å². The summed E-state index contributed by atoms with van der Waals surface area (Å²) in [6.07, 6.45) is 7.82. The Morgan fingerprint density at radius 1 is 1.47 bits per heavy atom. The second-order valence-electron chi connectivity index (χ2n) is 4.69. The van der Waals surface area contributed by atoms with Crippen LogP contribution in [0.1, 0.15) is 44.2 Å². The SMILES string of the molecule is CCOC1(C(N)c2cnccc2N)CCCC1. The number of hydrogen-bond donors (Lipinski definition) is 2. The number of anilines is 1. The monoisotopic (exact) mass is 235 g/mol. The Kier molecular flexibility index (Phi) is 3.64. The quantitative estimate of drug-likeness (QED) is 0.837. The molecule has 0 radical (unpaired) electrons. The van der Waals surface area contributed by atoms with E-state index in [0.29, 0.717) is 12.3 Å². The summed E-state index contributed by atoms with van der Waals surface area (Å²) in [6, 6.07) is 1.61. The molecule has 2 rings (SSSR count). The molecule has 1 heterocycles. The van der Waals surface area contributed by atoms with Crippen molar-refractivity contribution in [2.45, 2.75) is 44.2 Å². The highest BCUT2D eigenvalue weighted by Crippen LogP contribution is 2.42. The van der Waals surface area contributed by atoms with E-state index in [4.69, 9.17) is 16.2 Å². The van der Waals surface area contributed by atoms with Gasteiger partial charge < -0.3 is 16.2 Å². The molecule has 0 bridgehead atoms. The van der Waals surface area contributed by atoms with E-state index in [0.717, 1.165) is 18.4 Å². The first-order chi connectivity index (χ1) is 8.19. The molecule has 1 aliphatic carbocycles. The molecule has 1 unspecified atom stereocenters. The van der Waals surface area contributed by atoms with Gasteiger partial charge in [-0.3, -0.25) is 4.98 Å². The summed E-state index contributed by atoms with van der Waals surface area (Å²) in [5.74, 6) is 0. The molecule has 4 heteroatoms. The lowest BCUT2D eigenvalue weighted by atomic mass is 9.87. The Morgan fingerprint density at radius 3 is 2.76 bits per heavy atom. The molecule has 1 aromatic heterocycles. The number of nitrogens with zero attached hydrogens (tertiary/aromatic N) is 1. The van der Waals surface area contributed by atoms with E-state index in [1.54, 1.807) is 18.5 Å². The van der Waals surface area contributed by atoms with Crippen molar-refractivity contribution in [2.75, 3.05) is 12.3 Å². The third-order valence-electron chi connectivity index (χ3n) is 3.67. The summed E-state index contributed by atoms with van der Waals surface area (Å²) in [7, 11) is 0. The van der Waals surface area contributed by atoms with Crippen LogP contribution in [0.4, 0.5) is 5.69 Å². The molecule has 1 aromatic rings. The van der Waals surface area contributed by atoms with Crippen molar-refractivity contribution in [3.8, 4) is 0 Å². The number of nitrogens with two attached hydrogens (primary N) is 2. The first-order valence-electron chi connectivity index (χ1n) is 6.28. The molecular weight excluding hydrogens is 214 g/mol. The molecule has 0 amide bonds. The summed E-state index contributed by atoms with van der Waals surface area (Å²) in [4.78, 5) is 4.11. The summed E-state index contributed by atoms with van der Waals surface area (Å²) >= 11 is 0. The normalized spacial score (nSPS) is 20.4. The van der Waals surface area contributed by atoms with Gasteiger partial charge in [-0.2, -0.15) is 0 Å². The van der Waals surface area contributed by atoms with E-state index in [1.807, 2.05) is 6.92 Å². The molecule has 1 saturated carbocycles. The Morgan fingerprint density at radius 2 is 2.18 bits per heavy atom. The van der Waals surface area contributed by atoms with Crippen molar-refractivity contribution in [3.05, 3.63) is 24.0 Å². The zero-order valence-electron chi connectivity index (χ0n) is 10.4. The van der Waals surface area contributed by atoms with Crippen LogP contribution in [-0.4, -0.2) is 17.2 Å². The summed E-state index contributed by atoms with van der Waals surface area (Å²) in [6.45, 7) is 2.70. The number of aromatic nitrogens is 1. The first kappa shape index (κ1) is 12.3. The highest BCUT2D eigenvalue weighted by atomic mass is 16.5. The smallest absolute Gasteiger partial charge is 0.0875 e. The van der Waals surface area contributed by atoms with Crippen LogP contribution in [-0.2, 0) is 4.74 Å². The van der Waals surface area contributed by atoms with Crippen LogP contribution >= 0.6 is 0 Å². The van der Waals surface area contributed by atoms with Gasteiger partial charge in [0.2, 0.25) is 0 Å². The van der Waals surface area contributed by atoms with Gasteiger partial charge >= 0.3 is 0 Å². The van der Waals surface area contributed by atoms with Gasteiger partial charge in [0.05, 0.1) is 11.6 Å². The lowest BCUT2D eigenvalue weighted by Crippen LogP contribution is -2.41. The van der Waals surface area contributed by atoms with Crippen LogP contribution in [0.3, 0.4) is 0 Å². The van der Waals surface area contributed by atoms with E-state index in [1.165, 1.54) is 12.8 Å². The molecule has 94 valence electrons. The zero-order valence-corrected chi connectivity index (χ0v) is 10.4. The molecule has 1 atom stereocenters. The maximum atomic E-state index is 6.38. The Hall–Kier alpha value is -1.13. The first-order valence-corrected chi connectivity index (χ1v) is 6.28. The summed E-state index contributed by atoms with van der Waals surface area (Å²) in [5.41, 5.74) is 13.7. The fourth-order valence-corrected chi connectivity index (χ4v) is 2.77. The standard InChI is InChI=1S/C13H21N3O/c1-2-17-13(6-3-4-7-13)12(15)10-9-16-8-5-11(10)14/h5,8-9,12H,2-4,6-7,15H2,1H3,(H2,14,16). The van der Waals surface area contributed by atoms with Crippen LogP contribution in [0.15, 0.2) is 18.5 Å². The Labute approximate surface area is 102 Å². The van der Waals surface area contributed by atoms with Gasteiger partial charge in [-0.05, 0) is 25.8 Å². The van der Waals surface area contributed by atoms with Gasteiger partial charge in [0.25, 0.3) is 0 Å². The fraction of sp³-hybridized carbons (Fsp3) is 0.615. The van der Waals surface area contributed by atoms with Crippen molar-refractivity contribution >= 4 is 5.69 Å². The minimum Gasteiger partial charge on any atom is -0.398 e. The maximum Gasteiger partial charge on any atom is 0.0875 e. The number of pyridine rings is 1. The van der Waals surface area contributed by atoms with Crippen LogP contribution in [0.2, 0.25) is 0 Å². The van der Waals surface area contributed by atoms with Crippen molar-refractivity contribution in [1.82, 2.24) is 4.98 Å². The van der Waals surface area contributed by atoms with Gasteiger partial charge in [0, 0.05) is 30.3 Å². The molecule has 1 fully saturated rings. The molecule has 4 N–H and O–H groups in total. The third kappa shape index (κ3) is 2.28. The van der Waals surface area contributed by atoms with Crippen LogP contribution in [0.5, 0.6) is 0 Å². The van der Waals surface area contributed by atoms with Gasteiger partial charge in [0.1, 0.15) is 0 Å². The van der Waals surface area contributed by atoms with E-state index >= 15 is 0 Å². The largest absolute Gasteiger partial charge is 0.398 e. The predicted octanol–water partition coefficient (Wildman–Crippen LogP) is 2.01. The molecule has 4 nitrogen and oxygen atoms in total. The number of nitrogen functional groups attached to an aromatic ring is 1. The van der Waals surface area contributed by atoms with Crippen LogP contribution in [0.25, 0.3) is 0 Å². The molecular formula is C13H21N3O. The van der Waals surface area contributed by atoms with Crippen molar-refractivity contribution in [3.63, 3.8) is 0 Å². The average molecular weight is 235 g/mol. The highest BCUT2D eigenvalue weighted by Gasteiger charge is 2.41.